The van der Waals surface area contributed by atoms with E-state index in [9.17, 15) is 13.2 Å². The molecule has 0 aromatic heterocycles. The normalized spacial score (nSPS) is 19.0. The van der Waals surface area contributed by atoms with E-state index >= 15 is 0 Å². The molecule has 2 rings (SSSR count). The third kappa shape index (κ3) is 3.36. The molecule has 1 aliphatic rings. The molecular formula is C14H16ClNO5S. The Hall–Kier alpha value is -1.73. The van der Waals surface area contributed by atoms with Crippen molar-refractivity contribution in [2.75, 3.05) is 30.8 Å². The fraction of sp³-hybridized carbons (Fsp3) is 0.357. The Morgan fingerprint density at radius 1 is 1.32 bits per heavy atom. The zero-order valence-corrected chi connectivity index (χ0v) is 13.7. The van der Waals surface area contributed by atoms with E-state index in [1.807, 2.05) is 0 Å². The molecule has 0 fully saturated rings. The average Bonchev–Trinajstić information content (AvgIpc) is 2.86. The first-order chi connectivity index (χ1) is 10.4. The Bertz CT molecular complexity index is 701. The lowest BCUT2D eigenvalue weighted by Crippen LogP contribution is -2.42. The number of rotatable bonds is 5. The maximum absolute atomic E-state index is 12.2. The number of ether oxygens (including phenoxy) is 2. The second kappa shape index (κ2) is 6.58. The molecule has 1 aliphatic heterocycles. The van der Waals surface area contributed by atoms with Gasteiger partial charge in [-0.05, 0) is 18.2 Å². The van der Waals surface area contributed by atoms with Crippen molar-refractivity contribution in [2.45, 2.75) is 6.04 Å². The Morgan fingerprint density at radius 2 is 2.00 bits per heavy atom. The van der Waals surface area contributed by atoms with Crippen LogP contribution in [0.25, 0.3) is 0 Å². The molecular weight excluding hydrogens is 330 g/mol. The maximum Gasteiger partial charge on any atom is 0.242 e. The predicted octanol–water partition coefficient (Wildman–Crippen LogP) is 1.59. The summed E-state index contributed by atoms with van der Waals surface area (Å²) >= 11 is 5.66. The zero-order valence-electron chi connectivity index (χ0n) is 12.2. The summed E-state index contributed by atoms with van der Waals surface area (Å²) < 4.78 is 33.6. The van der Waals surface area contributed by atoms with Crippen LogP contribution in [0.15, 0.2) is 29.7 Å². The number of hydrogen-bond donors (Lipinski definition) is 0. The van der Waals surface area contributed by atoms with Gasteiger partial charge in [-0.15, -0.1) is 11.6 Å². The summed E-state index contributed by atoms with van der Waals surface area (Å²) in [6.45, 7) is 0. The van der Waals surface area contributed by atoms with Crippen LogP contribution in [0, 0.1) is 0 Å². The van der Waals surface area contributed by atoms with Crippen molar-refractivity contribution in [2.24, 2.45) is 0 Å². The third-order valence-electron chi connectivity index (χ3n) is 3.27. The fourth-order valence-electron chi connectivity index (χ4n) is 2.28. The number of methoxy groups -OCH3 is 2. The highest BCUT2D eigenvalue weighted by Gasteiger charge is 2.31. The lowest BCUT2D eigenvalue weighted by atomic mass is 10.2. The van der Waals surface area contributed by atoms with Crippen LogP contribution in [0.2, 0.25) is 0 Å². The molecule has 0 aliphatic carbocycles. The van der Waals surface area contributed by atoms with Crippen molar-refractivity contribution in [1.82, 2.24) is 0 Å². The van der Waals surface area contributed by atoms with Crippen molar-refractivity contribution in [3.8, 4) is 11.5 Å². The lowest BCUT2D eigenvalue weighted by molar-refractivity contribution is -0.116. The predicted molar refractivity (Wildman–Crippen MR) is 84.5 cm³/mol. The molecule has 0 saturated carbocycles. The molecule has 1 amide bonds. The first-order valence-electron chi connectivity index (χ1n) is 6.43. The van der Waals surface area contributed by atoms with Crippen molar-refractivity contribution < 1.29 is 22.7 Å². The number of carbonyl (C=O) groups excluding carboxylic acids is 1. The molecule has 0 saturated heterocycles. The van der Waals surface area contributed by atoms with Gasteiger partial charge in [0.05, 0.1) is 26.0 Å². The lowest BCUT2D eigenvalue weighted by Gasteiger charge is -2.27. The molecule has 6 nitrogen and oxygen atoms in total. The summed E-state index contributed by atoms with van der Waals surface area (Å²) in [6.07, 6.45) is 1.48. The zero-order chi connectivity index (χ0) is 16.3. The molecule has 1 heterocycles. The highest BCUT2D eigenvalue weighted by atomic mass is 35.5. The van der Waals surface area contributed by atoms with Gasteiger partial charge in [-0.1, -0.05) is 0 Å². The van der Waals surface area contributed by atoms with Gasteiger partial charge in [0.15, 0.2) is 21.3 Å². The second-order valence-corrected chi connectivity index (χ2v) is 6.86. The topological polar surface area (TPSA) is 72.9 Å². The summed E-state index contributed by atoms with van der Waals surface area (Å²) in [4.78, 5) is 13.5. The van der Waals surface area contributed by atoms with Crippen LogP contribution in [0.4, 0.5) is 5.69 Å². The Labute approximate surface area is 134 Å². The van der Waals surface area contributed by atoms with E-state index in [1.165, 1.54) is 25.2 Å². The number of nitrogens with zero attached hydrogens (tertiary/aromatic N) is 1. The molecule has 0 bridgehead atoms. The molecule has 120 valence electrons. The number of benzene rings is 1. The molecule has 0 radical (unpaired) electrons. The van der Waals surface area contributed by atoms with Gasteiger partial charge in [-0.25, -0.2) is 8.42 Å². The molecule has 22 heavy (non-hydrogen) atoms. The van der Waals surface area contributed by atoms with E-state index in [1.54, 1.807) is 18.2 Å². The van der Waals surface area contributed by atoms with Crippen LogP contribution in [0.3, 0.4) is 0 Å². The summed E-state index contributed by atoms with van der Waals surface area (Å²) in [7, 11) is -0.305. The first kappa shape index (κ1) is 16.6. The number of halogens is 1. The van der Waals surface area contributed by atoms with E-state index in [2.05, 4.69) is 0 Å². The monoisotopic (exact) mass is 345 g/mol. The second-order valence-electron chi connectivity index (χ2n) is 4.66. The van der Waals surface area contributed by atoms with E-state index in [-0.39, 0.29) is 17.5 Å². The standard InChI is InChI=1S/C14H16ClNO5S/c1-20-12-4-3-10(7-13(12)21-2)16(14(17)8-15)11-5-6-22(18,19)9-11/h3-7,11H,8-9H2,1-2H3/t11-/m1/s1. The van der Waals surface area contributed by atoms with Crippen molar-refractivity contribution in [3.05, 3.63) is 29.7 Å². The highest BCUT2D eigenvalue weighted by molar-refractivity contribution is 7.94. The molecule has 0 N–H and O–H groups in total. The van der Waals surface area contributed by atoms with E-state index in [0.717, 1.165) is 5.41 Å². The molecule has 0 unspecified atom stereocenters. The van der Waals surface area contributed by atoms with Gasteiger partial charge in [0, 0.05) is 17.2 Å². The van der Waals surface area contributed by atoms with Crippen LogP contribution < -0.4 is 14.4 Å². The number of carbonyl (C=O) groups is 1. The largest absolute Gasteiger partial charge is 0.493 e. The molecule has 8 heteroatoms. The van der Waals surface area contributed by atoms with Gasteiger partial charge in [-0.2, -0.15) is 0 Å². The average molecular weight is 346 g/mol. The Kier molecular flexibility index (Phi) is 4.97. The summed E-state index contributed by atoms with van der Waals surface area (Å²) in [5.41, 5.74) is 0.495. The number of amides is 1. The summed E-state index contributed by atoms with van der Waals surface area (Å²) in [5, 5.41) is 1.12. The van der Waals surface area contributed by atoms with Crippen molar-refractivity contribution in [1.29, 1.82) is 0 Å². The van der Waals surface area contributed by atoms with Gasteiger partial charge in [0.2, 0.25) is 5.91 Å². The van der Waals surface area contributed by atoms with Crippen LogP contribution in [0.1, 0.15) is 0 Å². The molecule has 0 spiro atoms. The number of alkyl halides is 1. The van der Waals surface area contributed by atoms with Crippen LogP contribution >= 0.6 is 11.6 Å². The maximum atomic E-state index is 12.2. The van der Waals surface area contributed by atoms with Crippen molar-refractivity contribution >= 4 is 33.0 Å². The number of sulfone groups is 1. The summed E-state index contributed by atoms with van der Waals surface area (Å²) in [6, 6.07) is 4.33. The molecule has 1 atom stereocenters. The van der Waals surface area contributed by atoms with Gasteiger partial charge < -0.3 is 14.4 Å². The SMILES string of the molecule is COc1ccc(N(C(=O)CCl)[C@@H]2C=CS(=O)(=O)C2)cc1OC. The van der Waals surface area contributed by atoms with E-state index in [4.69, 9.17) is 21.1 Å². The van der Waals surface area contributed by atoms with Crippen LogP contribution in [0.5, 0.6) is 11.5 Å². The third-order valence-corrected chi connectivity index (χ3v) is 4.88. The van der Waals surface area contributed by atoms with Gasteiger partial charge in [-0.3, -0.25) is 4.79 Å². The number of hydrogen-bond acceptors (Lipinski definition) is 5. The highest BCUT2D eigenvalue weighted by Crippen LogP contribution is 2.33. The first-order valence-corrected chi connectivity index (χ1v) is 8.68. The fourth-order valence-corrected chi connectivity index (χ4v) is 3.68. The van der Waals surface area contributed by atoms with Crippen LogP contribution in [-0.4, -0.2) is 46.2 Å². The molecule has 1 aromatic rings. The van der Waals surface area contributed by atoms with Crippen LogP contribution in [-0.2, 0) is 14.6 Å². The minimum absolute atomic E-state index is 0.163. The minimum atomic E-state index is -3.29. The van der Waals surface area contributed by atoms with Gasteiger partial charge in [0.25, 0.3) is 0 Å². The van der Waals surface area contributed by atoms with Crippen molar-refractivity contribution in [3.63, 3.8) is 0 Å². The minimum Gasteiger partial charge on any atom is -0.493 e. The Balaban J connectivity index is 2.43. The number of anilines is 1. The Morgan fingerprint density at radius 3 is 2.50 bits per heavy atom. The molecule has 1 aromatic carbocycles. The smallest absolute Gasteiger partial charge is 0.242 e. The summed E-state index contributed by atoms with van der Waals surface area (Å²) in [5.74, 6) is 0.153. The quantitative estimate of drug-likeness (QED) is 0.758. The van der Waals surface area contributed by atoms with E-state index in [0.29, 0.717) is 17.2 Å². The van der Waals surface area contributed by atoms with Gasteiger partial charge in [0.1, 0.15) is 5.88 Å². The van der Waals surface area contributed by atoms with E-state index < -0.39 is 15.9 Å². The van der Waals surface area contributed by atoms with Gasteiger partial charge >= 0.3 is 0 Å².